The van der Waals surface area contributed by atoms with Crippen LogP contribution in [-0.2, 0) is 38.1 Å². The predicted molar refractivity (Wildman–Crippen MR) is 108 cm³/mol. The van der Waals surface area contributed by atoms with Crippen molar-refractivity contribution >= 4 is 35.5 Å². The molecule has 0 fully saturated rings. The van der Waals surface area contributed by atoms with Gasteiger partial charge in [-0.2, -0.15) is 0 Å². The lowest BCUT2D eigenvalue weighted by Gasteiger charge is -2.29. The number of halogens is 1. The molecule has 166 valence electrons. The number of ether oxygens (including phenoxy) is 4. The van der Waals surface area contributed by atoms with Crippen molar-refractivity contribution in [3.05, 3.63) is 34.9 Å². The van der Waals surface area contributed by atoms with Crippen LogP contribution in [-0.4, -0.2) is 50.3 Å². The monoisotopic (exact) mass is 442 g/mol. The molecule has 1 aromatic rings. The summed E-state index contributed by atoms with van der Waals surface area (Å²) in [5, 5.41) is 0.152. The van der Waals surface area contributed by atoms with Gasteiger partial charge in [-0.3, -0.25) is 19.2 Å². The molecular weight excluding hydrogens is 416 g/mol. The van der Waals surface area contributed by atoms with E-state index in [1.165, 1.54) is 12.1 Å². The number of carbonyl (C=O) groups excluding carboxylic acids is 4. The number of hydrogen-bond donors (Lipinski definition) is 0. The molecule has 0 bridgehead atoms. The molecule has 0 radical (unpaired) electrons. The standard InChI is InChI=1S/C21H27ClO8/c1-5-27-18(23)16(19(24)28-6-2)15(13-11-9-10-12-14(13)22)17(20(25)29-7-3)21(26)30-8-4/h9-12,15-17H,5-8H2,1-4H3. The van der Waals surface area contributed by atoms with Gasteiger partial charge >= 0.3 is 23.9 Å². The highest BCUT2D eigenvalue weighted by Crippen LogP contribution is 2.39. The molecule has 0 saturated heterocycles. The first-order valence-corrected chi connectivity index (χ1v) is 10.1. The van der Waals surface area contributed by atoms with Crippen molar-refractivity contribution in [3.63, 3.8) is 0 Å². The highest BCUT2D eigenvalue weighted by Gasteiger charge is 2.50. The van der Waals surface area contributed by atoms with Gasteiger partial charge in [0, 0.05) is 10.9 Å². The summed E-state index contributed by atoms with van der Waals surface area (Å²) >= 11 is 6.33. The van der Waals surface area contributed by atoms with Crippen molar-refractivity contribution in [2.24, 2.45) is 11.8 Å². The molecule has 1 rings (SSSR count). The molecule has 9 heteroatoms. The second-order valence-electron chi connectivity index (χ2n) is 6.01. The van der Waals surface area contributed by atoms with Gasteiger partial charge in [-0.05, 0) is 39.3 Å². The fourth-order valence-corrected chi connectivity index (χ4v) is 3.27. The van der Waals surface area contributed by atoms with Gasteiger partial charge in [0.1, 0.15) is 0 Å². The lowest BCUT2D eigenvalue weighted by molar-refractivity contribution is -0.169. The first kappa shape index (κ1) is 25.4. The Labute approximate surface area is 180 Å². The van der Waals surface area contributed by atoms with Crippen molar-refractivity contribution in [1.29, 1.82) is 0 Å². The normalized spacial score (nSPS) is 10.8. The number of benzene rings is 1. The summed E-state index contributed by atoms with van der Waals surface area (Å²) in [7, 11) is 0. The van der Waals surface area contributed by atoms with Gasteiger partial charge in [-0.25, -0.2) is 0 Å². The predicted octanol–water partition coefficient (Wildman–Crippen LogP) is 2.91. The lowest BCUT2D eigenvalue weighted by Crippen LogP contribution is -2.43. The van der Waals surface area contributed by atoms with E-state index in [0.29, 0.717) is 0 Å². The Morgan fingerprint density at radius 2 is 1.03 bits per heavy atom. The molecule has 0 N–H and O–H groups in total. The number of rotatable bonds is 11. The molecule has 0 aliphatic carbocycles. The van der Waals surface area contributed by atoms with E-state index in [4.69, 9.17) is 30.5 Å². The Balaban J connectivity index is 3.73. The van der Waals surface area contributed by atoms with Crippen LogP contribution in [0.15, 0.2) is 24.3 Å². The zero-order chi connectivity index (χ0) is 22.7. The van der Waals surface area contributed by atoms with Gasteiger partial charge in [0.2, 0.25) is 0 Å². The first-order chi connectivity index (χ1) is 14.3. The maximum atomic E-state index is 12.8. The van der Waals surface area contributed by atoms with Crippen molar-refractivity contribution in [2.75, 3.05) is 26.4 Å². The van der Waals surface area contributed by atoms with E-state index in [2.05, 4.69) is 0 Å². The highest BCUT2D eigenvalue weighted by molar-refractivity contribution is 6.31. The van der Waals surface area contributed by atoms with Crippen LogP contribution >= 0.6 is 11.6 Å². The summed E-state index contributed by atoms with van der Waals surface area (Å²) in [6, 6.07) is 6.28. The van der Waals surface area contributed by atoms with Gasteiger partial charge in [0.05, 0.1) is 26.4 Å². The number of carbonyl (C=O) groups is 4. The highest BCUT2D eigenvalue weighted by atomic mass is 35.5. The summed E-state index contributed by atoms with van der Waals surface area (Å²) in [4.78, 5) is 51.1. The lowest BCUT2D eigenvalue weighted by atomic mass is 9.76. The molecule has 0 aromatic heterocycles. The molecule has 0 spiro atoms. The quantitative estimate of drug-likeness (QED) is 0.292. The third-order valence-electron chi connectivity index (χ3n) is 4.14. The van der Waals surface area contributed by atoms with E-state index < -0.39 is 41.6 Å². The molecule has 0 unspecified atom stereocenters. The van der Waals surface area contributed by atoms with Crippen LogP contribution in [0.5, 0.6) is 0 Å². The molecule has 1 aromatic carbocycles. The van der Waals surface area contributed by atoms with Crippen LogP contribution in [0.3, 0.4) is 0 Å². The van der Waals surface area contributed by atoms with E-state index >= 15 is 0 Å². The molecule has 0 atom stereocenters. The summed E-state index contributed by atoms with van der Waals surface area (Å²) in [5.41, 5.74) is 0.219. The third kappa shape index (κ3) is 6.45. The molecule has 0 aliphatic rings. The zero-order valence-electron chi connectivity index (χ0n) is 17.5. The van der Waals surface area contributed by atoms with Crippen molar-refractivity contribution < 1.29 is 38.1 Å². The van der Waals surface area contributed by atoms with Crippen LogP contribution in [0.25, 0.3) is 0 Å². The average molecular weight is 443 g/mol. The summed E-state index contributed by atoms with van der Waals surface area (Å²) in [6.07, 6.45) is 0. The summed E-state index contributed by atoms with van der Waals surface area (Å²) in [5.74, 6) is -8.40. The second kappa shape index (κ2) is 12.8. The maximum absolute atomic E-state index is 12.8. The zero-order valence-corrected chi connectivity index (χ0v) is 18.3. The van der Waals surface area contributed by atoms with E-state index in [0.717, 1.165) is 0 Å². The van der Waals surface area contributed by atoms with E-state index in [-0.39, 0.29) is 37.0 Å². The van der Waals surface area contributed by atoms with Crippen molar-refractivity contribution in [1.82, 2.24) is 0 Å². The van der Waals surface area contributed by atoms with E-state index in [9.17, 15) is 19.2 Å². The summed E-state index contributed by atoms with van der Waals surface area (Å²) < 4.78 is 20.2. The minimum atomic E-state index is -1.64. The minimum Gasteiger partial charge on any atom is -0.465 e. The van der Waals surface area contributed by atoms with Crippen LogP contribution in [0, 0.1) is 11.8 Å². The van der Waals surface area contributed by atoms with Gasteiger partial charge in [0.25, 0.3) is 0 Å². The minimum absolute atomic E-state index is 0.0204. The van der Waals surface area contributed by atoms with Crippen molar-refractivity contribution in [3.8, 4) is 0 Å². The fourth-order valence-electron chi connectivity index (χ4n) is 3.00. The molecule has 0 saturated carbocycles. The average Bonchev–Trinajstić information content (AvgIpc) is 2.69. The number of esters is 4. The van der Waals surface area contributed by atoms with Gasteiger partial charge in [0.15, 0.2) is 11.8 Å². The molecule has 8 nitrogen and oxygen atoms in total. The third-order valence-corrected chi connectivity index (χ3v) is 4.49. The Hall–Kier alpha value is -2.61. The smallest absolute Gasteiger partial charge is 0.320 e. The molecule has 30 heavy (non-hydrogen) atoms. The second-order valence-corrected chi connectivity index (χ2v) is 6.42. The Bertz CT molecular complexity index is 672. The van der Waals surface area contributed by atoms with Crippen LogP contribution in [0.2, 0.25) is 5.02 Å². The van der Waals surface area contributed by atoms with Crippen molar-refractivity contribution in [2.45, 2.75) is 33.6 Å². The molecule has 0 aliphatic heterocycles. The van der Waals surface area contributed by atoms with E-state index in [1.807, 2.05) is 0 Å². The van der Waals surface area contributed by atoms with Crippen LogP contribution < -0.4 is 0 Å². The van der Waals surface area contributed by atoms with Crippen LogP contribution in [0.4, 0.5) is 0 Å². The van der Waals surface area contributed by atoms with Gasteiger partial charge in [-0.15, -0.1) is 0 Å². The largest absolute Gasteiger partial charge is 0.465 e. The molecule has 0 amide bonds. The Kier molecular flexibility index (Phi) is 10.9. The van der Waals surface area contributed by atoms with E-state index in [1.54, 1.807) is 39.8 Å². The fraction of sp³-hybridized carbons (Fsp3) is 0.524. The maximum Gasteiger partial charge on any atom is 0.320 e. The van der Waals surface area contributed by atoms with Gasteiger partial charge < -0.3 is 18.9 Å². The first-order valence-electron chi connectivity index (χ1n) is 9.74. The summed E-state index contributed by atoms with van der Waals surface area (Å²) in [6.45, 7) is 6.19. The Morgan fingerprint density at radius 3 is 1.33 bits per heavy atom. The van der Waals surface area contributed by atoms with Gasteiger partial charge in [-0.1, -0.05) is 29.8 Å². The van der Waals surface area contributed by atoms with Crippen LogP contribution in [0.1, 0.15) is 39.2 Å². The topological polar surface area (TPSA) is 105 Å². The molecule has 0 heterocycles. The SMILES string of the molecule is CCOC(=O)C(C(=O)OCC)C(c1ccccc1Cl)C(C(=O)OCC)C(=O)OCC. The Morgan fingerprint density at radius 1 is 0.700 bits per heavy atom. The number of hydrogen-bond acceptors (Lipinski definition) is 8. The molecular formula is C21H27ClO8.